The van der Waals surface area contributed by atoms with Gasteiger partial charge in [-0.3, -0.25) is 0 Å². The van der Waals surface area contributed by atoms with Gasteiger partial charge in [0.1, 0.15) is 16.8 Å². The van der Waals surface area contributed by atoms with E-state index in [1.54, 1.807) is 0 Å². The Morgan fingerprint density at radius 1 is 1.24 bits per heavy atom. The van der Waals surface area contributed by atoms with Crippen molar-refractivity contribution in [2.45, 2.75) is 12.6 Å². The van der Waals surface area contributed by atoms with E-state index in [0.29, 0.717) is 7.11 Å². The normalized spacial score (nSPS) is 11.6. The maximum Gasteiger partial charge on any atom is 0.434 e. The predicted octanol–water partition coefficient (Wildman–Crippen LogP) is 2.66. The molecule has 1 heterocycles. The minimum absolute atomic E-state index is 0.648. The van der Waals surface area contributed by atoms with Crippen molar-refractivity contribution >= 4 is 11.9 Å². The molecule has 0 saturated heterocycles. The highest BCUT2D eigenvalue weighted by Crippen LogP contribution is 2.36. The first-order chi connectivity index (χ1) is 9.52. The zero-order valence-electron chi connectivity index (χ0n) is 9.96. The number of aromatic nitrogens is 1. The van der Waals surface area contributed by atoms with Gasteiger partial charge >= 0.3 is 18.1 Å². The molecule has 0 fully saturated rings. The van der Waals surface area contributed by atoms with Gasteiger partial charge in [-0.05, 0) is 0 Å². The fourth-order valence-corrected chi connectivity index (χ4v) is 1.43. The van der Waals surface area contributed by atoms with Crippen molar-refractivity contribution in [3.8, 4) is 0 Å². The molecule has 0 spiro atoms. The van der Waals surface area contributed by atoms with Crippen molar-refractivity contribution in [3.05, 3.63) is 28.3 Å². The third-order valence-corrected chi connectivity index (χ3v) is 2.24. The average molecular weight is 317 g/mol. The van der Waals surface area contributed by atoms with E-state index < -0.39 is 52.9 Å². The number of hydrogen-bond donors (Lipinski definition) is 1. The van der Waals surface area contributed by atoms with Crippen LogP contribution < -0.4 is 0 Å². The Labute approximate surface area is 112 Å². The molecule has 21 heavy (non-hydrogen) atoms. The molecule has 1 N–H and O–H groups in total. The van der Waals surface area contributed by atoms with Crippen LogP contribution in [-0.4, -0.2) is 29.1 Å². The van der Waals surface area contributed by atoms with Gasteiger partial charge in [0.25, 0.3) is 6.43 Å². The molecule has 0 bridgehead atoms. The minimum Gasteiger partial charge on any atom is -0.478 e. The van der Waals surface area contributed by atoms with E-state index in [4.69, 9.17) is 5.11 Å². The van der Waals surface area contributed by atoms with Crippen LogP contribution in [0.4, 0.5) is 26.3 Å². The molecule has 11 heteroatoms. The number of rotatable bonds is 3. The summed E-state index contributed by atoms with van der Waals surface area (Å²) in [4.78, 5) is 24.3. The van der Waals surface area contributed by atoms with Crippen molar-refractivity contribution in [1.29, 1.82) is 0 Å². The van der Waals surface area contributed by atoms with Crippen LogP contribution in [0.2, 0.25) is 0 Å². The molecule has 0 aliphatic rings. The largest absolute Gasteiger partial charge is 0.478 e. The molecule has 116 valence electrons. The van der Waals surface area contributed by atoms with Crippen molar-refractivity contribution in [2.75, 3.05) is 7.11 Å². The molecule has 0 radical (unpaired) electrons. The van der Waals surface area contributed by atoms with Crippen molar-refractivity contribution in [1.82, 2.24) is 4.98 Å². The van der Waals surface area contributed by atoms with Gasteiger partial charge in [-0.2, -0.15) is 13.2 Å². The van der Waals surface area contributed by atoms with Crippen LogP contribution in [0.3, 0.4) is 0 Å². The summed E-state index contributed by atoms with van der Waals surface area (Å²) in [6.07, 6.45) is -9.26. The SMILES string of the molecule is COC(=O)c1c(C(F)F)nc(C(F)(F)F)c(C(=O)O)c1F. The monoisotopic (exact) mass is 317 g/mol. The lowest BCUT2D eigenvalue weighted by Crippen LogP contribution is -2.23. The molecule has 1 aromatic rings. The topological polar surface area (TPSA) is 76.5 Å². The predicted molar refractivity (Wildman–Crippen MR) is 52.5 cm³/mol. The van der Waals surface area contributed by atoms with Gasteiger partial charge in [-0.25, -0.2) is 27.7 Å². The molecule has 5 nitrogen and oxygen atoms in total. The summed E-state index contributed by atoms with van der Waals surface area (Å²) in [5, 5.41) is 8.60. The number of carbonyl (C=O) groups excluding carboxylic acids is 1. The fraction of sp³-hybridized carbons (Fsp3) is 0.300. The van der Waals surface area contributed by atoms with Crippen LogP contribution in [0.1, 0.15) is 38.5 Å². The summed E-state index contributed by atoms with van der Waals surface area (Å²) in [6.45, 7) is 0. The first kappa shape index (κ1) is 16.7. The number of nitrogens with zero attached hydrogens (tertiary/aromatic N) is 1. The van der Waals surface area contributed by atoms with Gasteiger partial charge in [0.2, 0.25) is 0 Å². The van der Waals surface area contributed by atoms with Crippen LogP contribution in [0.25, 0.3) is 0 Å². The second-order valence-electron chi connectivity index (χ2n) is 3.50. The smallest absolute Gasteiger partial charge is 0.434 e. The molecule has 0 unspecified atom stereocenters. The number of alkyl halides is 5. The highest BCUT2D eigenvalue weighted by molar-refractivity contribution is 5.96. The first-order valence-electron chi connectivity index (χ1n) is 4.92. The number of carboxylic acid groups (broad SMARTS) is 1. The Morgan fingerprint density at radius 3 is 2.10 bits per heavy atom. The number of aromatic carboxylic acids is 1. The number of carboxylic acids is 1. The Bertz CT molecular complexity index is 598. The Kier molecular flexibility index (Phi) is 4.44. The standard InChI is InChI=1S/C10H5F6NO4/c1-21-9(20)2-4(11)3(8(18)19)6(10(14,15)16)17-5(2)7(12)13/h7H,1H3,(H,18,19). The summed E-state index contributed by atoms with van der Waals surface area (Å²) in [5.74, 6) is -6.48. The van der Waals surface area contributed by atoms with E-state index in [2.05, 4.69) is 9.72 Å². The van der Waals surface area contributed by atoms with Crippen LogP contribution in [0, 0.1) is 5.82 Å². The summed E-state index contributed by atoms with van der Waals surface area (Å²) in [5.41, 5.74) is -7.91. The number of pyridine rings is 1. The average Bonchev–Trinajstić information content (AvgIpc) is 2.34. The molecule has 0 atom stereocenters. The molecular formula is C10H5F6NO4. The van der Waals surface area contributed by atoms with Crippen LogP contribution in [0.15, 0.2) is 0 Å². The summed E-state index contributed by atoms with van der Waals surface area (Å²) in [7, 11) is 0.648. The van der Waals surface area contributed by atoms with Crippen molar-refractivity contribution in [3.63, 3.8) is 0 Å². The second-order valence-corrected chi connectivity index (χ2v) is 3.50. The van der Waals surface area contributed by atoms with E-state index in [-0.39, 0.29) is 0 Å². The van der Waals surface area contributed by atoms with Crippen LogP contribution >= 0.6 is 0 Å². The molecule has 1 rings (SSSR count). The van der Waals surface area contributed by atoms with Crippen LogP contribution in [0.5, 0.6) is 0 Å². The summed E-state index contributed by atoms with van der Waals surface area (Å²) < 4.78 is 80.8. The Balaban J connectivity index is 3.89. The molecule has 1 aromatic heterocycles. The third kappa shape index (κ3) is 3.06. The van der Waals surface area contributed by atoms with Gasteiger partial charge in [0.05, 0.1) is 7.11 Å². The van der Waals surface area contributed by atoms with Gasteiger partial charge in [0.15, 0.2) is 11.5 Å². The molecule has 0 aliphatic carbocycles. The van der Waals surface area contributed by atoms with E-state index in [1.165, 1.54) is 0 Å². The molecule has 0 aliphatic heterocycles. The number of methoxy groups -OCH3 is 1. The van der Waals surface area contributed by atoms with Crippen LogP contribution in [-0.2, 0) is 10.9 Å². The Morgan fingerprint density at radius 2 is 1.76 bits per heavy atom. The number of halogens is 6. The minimum atomic E-state index is -5.51. The maximum absolute atomic E-state index is 13.8. The number of carbonyl (C=O) groups is 2. The maximum atomic E-state index is 13.8. The zero-order valence-corrected chi connectivity index (χ0v) is 9.96. The highest BCUT2D eigenvalue weighted by Gasteiger charge is 2.43. The lowest BCUT2D eigenvalue weighted by atomic mass is 10.1. The lowest BCUT2D eigenvalue weighted by molar-refractivity contribution is -0.142. The van der Waals surface area contributed by atoms with Gasteiger partial charge in [-0.15, -0.1) is 0 Å². The molecule has 0 aromatic carbocycles. The summed E-state index contributed by atoms with van der Waals surface area (Å²) in [6, 6.07) is 0. The molecular weight excluding hydrogens is 312 g/mol. The quantitative estimate of drug-likeness (QED) is 0.685. The number of esters is 1. The second kappa shape index (κ2) is 5.58. The lowest BCUT2D eigenvalue weighted by Gasteiger charge is -2.15. The highest BCUT2D eigenvalue weighted by atomic mass is 19.4. The number of ether oxygens (including phenoxy) is 1. The molecule has 0 amide bonds. The van der Waals surface area contributed by atoms with E-state index in [9.17, 15) is 35.9 Å². The fourth-order valence-electron chi connectivity index (χ4n) is 1.43. The van der Waals surface area contributed by atoms with Crippen molar-refractivity contribution < 1.29 is 45.8 Å². The van der Waals surface area contributed by atoms with E-state index in [1.807, 2.05) is 0 Å². The number of hydrogen-bond acceptors (Lipinski definition) is 4. The Hall–Kier alpha value is -2.33. The van der Waals surface area contributed by atoms with Gasteiger partial charge < -0.3 is 9.84 Å². The van der Waals surface area contributed by atoms with E-state index in [0.717, 1.165) is 0 Å². The summed E-state index contributed by atoms with van der Waals surface area (Å²) >= 11 is 0. The van der Waals surface area contributed by atoms with Gasteiger partial charge in [0, 0.05) is 0 Å². The van der Waals surface area contributed by atoms with Crippen molar-refractivity contribution in [2.24, 2.45) is 0 Å². The zero-order chi connectivity index (χ0) is 16.5. The molecule has 0 saturated carbocycles. The van der Waals surface area contributed by atoms with E-state index >= 15 is 0 Å². The van der Waals surface area contributed by atoms with Gasteiger partial charge in [-0.1, -0.05) is 0 Å². The first-order valence-corrected chi connectivity index (χ1v) is 4.92. The third-order valence-electron chi connectivity index (χ3n) is 2.24.